The van der Waals surface area contributed by atoms with Crippen LogP contribution < -0.4 is 5.73 Å². The molecule has 0 unspecified atom stereocenters. The van der Waals surface area contributed by atoms with Crippen LogP contribution in [0.25, 0.3) is 0 Å². The van der Waals surface area contributed by atoms with Gasteiger partial charge in [-0.1, -0.05) is 24.4 Å². The fourth-order valence-corrected chi connectivity index (χ4v) is 1.06. The van der Waals surface area contributed by atoms with E-state index in [0.717, 1.165) is 16.8 Å². The fraction of sp³-hybridized carbons (Fsp3) is 0.125. The predicted molar refractivity (Wildman–Crippen MR) is 48.3 cm³/mol. The van der Waals surface area contributed by atoms with Gasteiger partial charge in [-0.15, -0.1) is 0 Å². The molecule has 52 valence electrons. The van der Waals surface area contributed by atoms with E-state index in [-0.39, 0.29) is 0 Å². The van der Waals surface area contributed by atoms with Crippen molar-refractivity contribution in [1.29, 1.82) is 0 Å². The molecule has 1 nitrogen and oxygen atoms in total. The molecule has 1 rings (SSSR count). The first-order valence-electron chi connectivity index (χ1n) is 3.06. The Bertz CT molecular complexity index is 255. The van der Waals surface area contributed by atoms with E-state index in [4.69, 9.17) is 18.0 Å². The van der Waals surface area contributed by atoms with Crippen LogP contribution in [0.4, 0.5) is 5.69 Å². The highest BCUT2D eigenvalue weighted by atomic mass is 32.1. The van der Waals surface area contributed by atoms with Crippen LogP contribution in [-0.4, -0.2) is 5.37 Å². The number of rotatable bonds is 1. The van der Waals surface area contributed by atoms with Gasteiger partial charge in [-0.25, -0.2) is 0 Å². The maximum absolute atomic E-state index is 5.63. The molecule has 10 heavy (non-hydrogen) atoms. The second-order valence-corrected chi connectivity index (χ2v) is 2.42. The lowest BCUT2D eigenvalue weighted by molar-refractivity contribution is 1.46. The normalized spacial score (nSPS) is 9.30. The van der Waals surface area contributed by atoms with Crippen LogP contribution in [0.2, 0.25) is 0 Å². The average molecular weight is 151 g/mol. The summed E-state index contributed by atoms with van der Waals surface area (Å²) in [4.78, 5) is 0. The minimum absolute atomic E-state index is 0.804. The Labute approximate surface area is 65.9 Å². The van der Waals surface area contributed by atoms with Crippen molar-refractivity contribution in [3.63, 3.8) is 0 Å². The molecule has 0 aliphatic rings. The first-order chi connectivity index (χ1) is 4.75. The molecule has 1 aromatic carbocycles. The van der Waals surface area contributed by atoms with E-state index in [9.17, 15) is 0 Å². The number of anilines is 1. The van der Waals surface area contributed by atoms with Gasteiger partial charge in [0.05, 0.1) is 0 Å². The maximum Gasteiger partial charge on any atom is 0.0350 e. The molecule has 0 radical (unpaired) electrons. The first-order valence-corrected chi connectivity index (χ1v) is 3.53. The SMILES string of the molecule is Cc1c(N)cccc1C=S. The third kappa shape index (κ3) is 1.16. The zero-order valence-electron chi connectivity index (χ0n) is 5.79. The van der Waals surface area contributed by atoms with E-state index in [1.165, 1.54) is 0 Å². The van der Waals surface area contributed by atoms with Crippen LogP contribution in [0.5, 0.6) is 0 Å². The van der Waals surface area contributed by atoms with Crippen molar-refractivity contribution in [3.05, 3.63) is 29.3 Å². The molecule has 0 aliphatic carbocycles. The molecule has 0 bridgehead atoms. The van der Waals surface area contributed by atoms with E-state index in [1.807, 2.05) is 25.1 Å². The largest absolute Gasteiger partial charge is 0.398 e. The molecule has 0 heterocycles. The Balaban J connectivity index is 3.27. The molecule has 2 heteroatoms. The molecule has 0 spiro atoms. The quantitative estimate of drug-likeness (QED) is 0.490. The summed E-state index contributed by atoms with van der Waals surface area (Å²) in [5, 5.41) is 1.64. The van der Waals surface area contributed by atoms with Crippen LogP contribution in [0, 0.1) is 6.92 Å². The number of hydrogen-bond acceptors (Lipinski definition) is 2. The second-order valence-electron chi connectivity index (χ2n) is 2.18. The van der Waals surface area contributed by atoms with Crippen LogP contribution in [0.15, 0.2) is 18.2 Å². The molecule has 0 atom stereocenters. The van der Waals surface area contributed by atoms with Gasteiger partial charge in [-0.05, 0) is 24.1 Å². The summed E-state index contributed by atoms with van der Waals surface area (Å²) in [6.07, 6.45) is 0. The minimum atomic E-state index is 0.804. The Morgan fingerprint density at radius 1 is 1.50 bits per heavy atom. The molecule has 0 saturated carbocycles. The highest BCUT2D eigenvalue weighted by Gasteiger charge is 1.95. The van der Waals surface area contributed by atoms with Gasteiger partial charge >= 0.3 is 0 Å². The van der Waals surface area contributed by atoms with E-state index in [0.29, 0.717) is 0 Å². The lowest BCUT2D eigenvalue weighted by atomic mass is 10.1. The number of hydrogen-bond donors (Lipinski definition) is 1. The monoisotopic (exact) mass is 151 g/mol. The first kappa shape index (κ1) is 7.22. The Kier molecular flexibility index (Phi) is 2.02. The molecule has 1 aromatic rings. The predicted octanol–water partition coefficient (Wildman–Crippen LogP) is 1.93. The number of nitrogen functional groups attached to an aromatic ring is 1. The van der Waals surface area contributed by atoms with Gasteiger partial charge in [0.25, 0.3) is 0 Å². The molecule has 0 aromatic heterocycles. The summed E-state index contributed by atoms with van der Waals surface area (Å²) in [6, 6.07) is 5.73. The number of benzene rings is 1. The van der Waals surface area contributed by atoms with Gasteiger partial charge in [0.15, 0.2) is 0 Å². The molecule has 0 saturated heterocycles. The van der Waals surface area contributed by atoms with Gasteiger partial charge in [-0.3, -0.25) is 0 Å². The minimum Gasteiger partial charge on any atom is -0.398 e. The summed E-state index contributed by atoms with van der Waals surface area (Å²) >= 11 is 4.79. The zero-order chi connectivity index (χ0) is 7.56. The molecule has 2 N–H and O–H groups in total. The van der Waals surface area contributed by atoms with Crippen molar-refractivity contribution in [2.24, 2.45) is 0 Å². The Hall–Kier alpha value is -0.890. The summed E-state index contributed by atoms with van der Waals surface area (Å²) < 4.78 is 0. The third-order valence-electron chi connectivity index (χ3n) is 1.54. The fourth-order valence-electron chi connectivity index (χ4n) is 0.800. The zero-order valence-corrected chi connectivity index (χ0v) is 6.61. The number of nitrogens with two attached hydrogens (primary N) is 1. The van der Waals surface area contributed by atoms with Crippen LogP contribution in [-0.2, 0) is 0 Å². The lowest BCUT2D eigenvalue weighted by Gasteiger charge is -2.01. The summed E-state index contributed by atoms with van der Waals surface area (Å²) in [7, 11) is 0. The van der Waals surface area contributed by atoms with E-state index in [2.05, 4.69) is 0 Å². The molecular formula is C8H9NS. The lowest BCUT2D eigenvalue weighted by Crippen LogP contribution is -1.92. The van der Waals surface area contributed by atoms with Gasteiger partial charge in [-0.2, -0.15) is 0 Å². The molecule has 0 fully saturated rings. The van der Waals surface area contributed by atoms with E-state index in [1.54, 1.807) is 5.37 Å². The smallest absolute Gasteiger partial charge is 0.0350 e. The topological polar surface area (TPSA) is 26.0 Å². The standard InChI is InChI=1S/C8H9NS/c1-6-7(5-10)3-2-4-8(6)9/h2-5H,9H2,1H3. The van der Waals surface area contributed by atoms with Crippen molar-refractivity contribution >= 4 is 23.3 Å². The highest BCUT2D eigenvalue weighted by molar-refractivity contribution is 7.79. The van der Waals surface area contributed by atoms with Crippen LogP contribution in [0.3, 0.4) is 0 Å². The van der Waals surface area contributed by atoms with E-state index >= 15 is 0 Å². The highest BCUT2D eigenvalue weighted by Crippen LogP contribution is 2.12. The van der Waals surface area contributed by atoms with Gasteiger partial charge in [0.2, 0.25) is 0 Å². The Morgan fingerprint density at radius 3 is 2.70 bits per heavy atom. The van der Waals surface area contributed by atoms with Crippen LogP contribution in [0.1, 0.15) is 11.1 Å². The Morgan fingerprint density at radius 2 is 2.20 bits per heavy atom. The van der Waals surface area contributed by atoms with Gasteiger partial charge in [0.1, 0.15) is 0 Å². The van der Waals surface area contributed by atoms with Crippen molar-refractivity contribution in [3.8, 4) is 0 Å². The number of thiocarbonyl (C=S) groups is 1. The molecule has 0 aliphatic heterocycles. The van der Waals surface area contributed by atoms with Crippen molar-refractivity contribution in [1.82, 2.24) is 0 Å². The van der Waals surface area contributed by atoms with Crippen molar-refractivity contribution in [2.75, 3.05) is 5.73 Å². The summed E-state index contributed by atoms with van der Waals surface area (Å²) in [5.41, 5.74) is 8.54. The molecular weight excluding hydrogens is 142 g/mol. The van der Waals surface area contributed by atoms with Gasteiger partial charge < -0.3 is 5.73 Å². The van der Waals surface area contributed by atoms with Gasteiger partial charge in [0, 0.05) is 11.1 Å². The summed E-state index contributed by atoms with van der Waals surface area (Å²) in [5.74, 6) is 0. The molecule has 0 amide bonds. The van der Waals surface area contributed by atoms with Crippen LogP contribution >= 0.6 is 12.2 Å². The summed E-state index contributed by atoms with van der Waals surface area (Å²) in [6.45, 7) is 1.97. The average Bonchev–Trinajstić information content (AvgIpc) is 1.95. The maximum atomic E-state index is 5.63. The van der Waals surface area contributed by atoms with Crippen molar-refractivity contribution in [2.45, 2.75) is 6.92 Å². The van der Waals surface area contributed by atoms with Crippen molar-refractivity contribution < 1.29 is 0 Å². The second kappa shape index (κ2) is 2.80. The van der Waals surface area contributed by atoms with E-state index < -0.39 is 0 Å². The third-order valence-corrected chi connectivity index (χ3v) is 1.80.